The molecule has 0 spiro atoms. The molecule has 0 heterocycles. The van der Waals surface area contributed by atoms with Gasteiger partial charge in [0, 0.05) is 18.9 Å². The third-order valence-electron chi connectivity index (χ3n) is 2.21. The number of carbonyl (C=O) groups excluding carboxylic acids is 1. The summed E-state index contributed by atoms with van der Waals surface area (Å²) in [6.07, 6.45) is 2.62. The van der Waals surface area contributed by atoms with Crippen molar-refractivity contribution >= 4 is 5.78 Å². The van der Waals surface area contributed by atoms with E-state index in [1.165, 1.54) is 6.08 Å². The monoisotopic (exact) mass is 154 g/mol. The fraction of sp³-hybridized carbons (Fsp3) is 0.667. The van der Waals surface area contributed by atoms with Gasteiger partial charge >= 0.3 is 0 Å². The molecule has 0 unspecified atom stereocenters. The van der Waals surface area contributed by atoms with Crippen LogP contribution < -0.4 is 0 Å². The number of aliphatic hydroxyl groups excluding tert-OH is 1. The van der Waals surface area contributed by atoms with Crippen molar-refractivity contribution in [3.05, 3.63) is 11.8 Å². The first-order valence-corrected chi connectivity index (χ1v) is 4.02. The van der Waals surface area contributed by atoms with E-state index in [2.05, 4.69) is 13.8 Å². The van der Waals surface area contributed by atoms with Gasteiger partial charge in [-0.1, -0.05) is 13.8 Å². The zero-order valence-corrected chi connectivity index (χ0v) is 7.00. The van der Waals surface area contributed by atoms with Crippen LogP contribution in [0.15, 0.2) is 11.8 Å². The highest BCUT2D eigenvalue weighted by atomic mass is 16.3. The maximum atomic E-state index is 11.0. The van der Waals surface area contributed by atoms with E-state index in [1.54, 1.807) is 0 Å². The minimum absolute atomic E-state index is 0.0625. The van der Waals surface area contributed by atoms with Crippen LogP contribution in [0.5, 0.6) is 0 Å². The molecule has 0 aromatic rings. The lowest BCUT2D eigenvalue weighted by Gasteiger charge is -2.22. The average molecular weight is 154 g/mol. The zero-order valence-electron chi connectivity index (χ0n) is 7.00. The van der Waals surface area contributed by atoms with Crippen molar-refractivity contribution in [2.75, 3.05) is 0 Å². The molecule has 0 bridgehead atoms. The van der Waals surface area contributed by atoms with Crippen LogP contribution in [0.1, 0.15) is 26.7 Å². The van der Waals surface area contributed by atoms with Crippen molar-refractivity contribution in [2.24, 2.45) is 11.8 Å². The summed E-state index contributed by atoms with van der Waals surface area (Å²) >= 11 is 0. The maximum Gasteiger partial charge on any atom is 0.159 e. The Morgan fingerprint density at radius 3 is 2.64 bits per heavy atom. The number of allylic oxidation sites excluding steroid dienone is 2. The van der Waals surface area contributed by atoms with Crippen molar-refractivity contribution in [3.8, 4) is 0 Å². The molecule has 0 fully saturated rings. The third-order valence-corrected chi connectivity index (χ3v) is 2.21. The lowest BCUT2D eigenvalue weighted by Crippen LogP contribution is -2.18. The van der Waals surface area contributed by atoms with Gasteiger partial charge in [-0.15, -0.1) is 0 Å². The van der Waals surface area contributed by atoms with Gasteiger partial charge in [0.25, 0.3) is 0 Å². The summed E-state index contributed by atoms with van der Waals surface area (Å²) in [6.45, 7) is 4.16. The van der Waals surface area contributed by atoms with Crippen molar-refractivity contribution in [1.82, 2.24) is 0 Å². The molecule has 2 nitrogen and oxygen atoms in total. The Labute approximate surface area is 66.9 Å². The SMILES string of the molecule is CC(C)[C@@H]1CC(=O)C=C(O)C1. The van der Waals surface area contributed by atoms with Gasteiger partial charge in [-0.3, -0.25) is 4.79 Å². The van der Waals surface area contributed by atoms with Gasteiger partial charge in [-0.25, -0.2) is 0 Å². The smallest absolute Gasteiger partial charge is 0.159 e. The summed E-state index contributed by atoms with van der Waals surface area (Å²) in [7, 11) is 0. The topological polar surface area (TPSA) is 37.3 Å². The normalized spacial score (nSPS) is 25.5. The Kier molecular flexibility index (Phi) is 2.32. The largest absolute Gasteiger partial charge is 0.512 e. The highest BCUT2D eigenvalue weighted by Gasteiger charge is 2.22. The molecule has 1 atom stereocenters. The van der Waals surface area contributed by atoms with Gasteiger partial charge in [0.2, 0.25) is 0 Å². The molecule has 1 aliphatic carbocycles. The molecule has 0 aromatic heterocycles. The van der Waals surface area contributed by atoms with E-state index >= 15 is 0 Å². The summed E-state index contributed by atoms with van der Waals surface area (Å²) < 4.78 is 0. The zero-order chi connectivity index (χ0) is 8.43. The van der Waals surface area contributed by atoms with Crippen LogP contribution in [0.2, 0.25) is 0 Å². The average Bonchev–Trinajstić information content (AvgIpc) is 1.85. The molecular formula is C9H14O2. The molecule has 0 aliphatic heterocycles. The summed E-state index contributed by atoms with van der Waals surface area (Å²) in [6, 6.07) is 0. The van der Waals surface area contributed by atoms with Crippen molar-refractivity contribution in [1.29, 1.82) is 0 Å². The Bertz CT molecular complexity index is 192. The van der Waals surface area contributed by atoms with Gasteiger partial charge in [0.1, 0.15) is 0 Å². The van der Waals surface area contributed by atoms with E-state index in [9.17, 15) is 4.79 Å². The first-order valence-electron chi connectivity index (χ1n) is 4.02. The molecule has 0 aromatic carbocycles. The summed E-state index contributed by atoms with van der Waals surface area (Å²) in [5.41, 5.74) is 0. The fourth-order valence-electron chi connectivity index (χ4n) is 1.37. The van der Waals surface area contributed by atoms with Crippen LogP contribution in [0.25, 0.3) is 0 Å². The fourth-order valence-corrected chi connectivity index (χ4v) is 1.37. The maximum absolute atomic E-state index is 11.0. The second kappa shape index (κ2) is 3.07. The van der Waals surface area contributed by atoms with Gasteiger partial charge in [-0.05, 0) is 11.8 Å². The first kappa shape index (κ1) is 8.31. The molecule has 62 valence electrons. The van der Waals surface area contributed by atoms with Crippen molar-refractivity contribution < 1.29 is 9.90 Å². The van der Waals surface area contributed by atoms with Crippen LogP contribution in [0.4, 0.5) is 0 Å². The molecule has 0 radical (unpaired) electrons. The van der Waals surface area contributed by atoms with Crippen molar-refractivity contribution in [3.63, 3.8) is 0 Å². The van der Waals surface area contributed by atoms with E-state index in [4.69, 9.17) is 5.11 Å². The molecule has 1 aliphatic rings. The predicted octanol–water partition coefficient (Wildman–Crippen LogP) is 2.06. The number of hydrogen-bond acceptors (Lipinski definition) is 2. The Balaban J connectivity index is 2.64. The predicted molar refractivity (Wildman–Crippen MR) is 43.3 cm³/mol. The minimum Gasteiger partial charge on any atom is -0.512 e. The molecule has 1 N–H and O–H groups in total. The summed E-state index contributed by atoms with van der Waals surface area (Å²) in [5.74, 6) is 1.13. The molecule has 1 rings (SSSR count). The number of hydrogen-bond donors (Lipinski definition) is 1. The first-order chi connectivity index (χ1) is 5.09. The second-order valence-corrected chi connectivity index (χ2v) is 3.51. The van der Waals surface area contributed by atoms with Crippen LogP contribution in [0.3, 0.4) is 0 Å². The number of carbonyl (C=O) groups is 1. The molecule has 0 saturated heterocycles. The van der Waals surface area contributed by atoms with Gasteiger partial charge < -0.3 is 5.11 Å². The highest BCUT2D eigenvalue weighted by Crippen LogP contribution is 2.26. The Morgan fingerprint density at radius 1 is 1.55 bits per heavy atom. The summed E-state index contributed by atoms with van der Waals surface area (Å²) in [4.78, 5) is 11.0. The van der Waals surface area contributed by atoms with E-state index in [1.807, 2.05) is 0 Å². The molecule has 0 amide bonds. The lowest BCUT2D eigenvalue weighted by atomic mass is 9.84. The van der Waals surface area contributed by atoms with Crippen LogP contribution in [-0.2, 0) is 4.79 Å². The quantitative estimate of drug-likeness (QED) is 0.627. The third kappa shape index (κ3) is 2.07. The van der Waals surface area contributed by atoms with E-state index in [-0.39, 0.29) is 11.5 Å². The Hall–Kier alpha value is -0.790. The van der Waals surface area contributed by atoms with E-state index in [0.29, 0.717) is 24.7 Å². The Morgan fingerprint density at radius 2 is 2.18 bits per heavy atom. The lowest BCUT2D eigenvalue weighted by molar-refractivity contribution is -0.116. The van der Waals surface area contributed by atoms with Crippen LogP contribution in [-0.4, -0.2) is 10.9 Å². The van der Waals surface area contributed by atoms with Gasteiger partial charge in [0.05, 0.1) is 5.76 Å². The molecule has 2 heteroatoms. The van der Waals surface area contributed by atoms with Crippen LogP contribution >= 0.6 is 0 Å². The molecular weight excluding hydrogens is 140 g/mol. The number of aliphatic hydroxyl groups is 1. The number of ketones is 1. The van der Waals surface area contributed by atoms with Gasteiger partial charge in [0.15, 0.2) is 5.78 Å². The number of rotatable bonds is 1. The van der Waals surface area contributed by atoms with Gasteiger partial charge in [-0.2, -0.15) is 0 Å². The van der Waals surface area contributed by atoms with E-state index in [0.717, 1.165) is 0 Å². The van der Waals surface area contributed by atoms with Crippen LogP contribution in [0, 0.1) is 11.8 Å². The standard InChI is InChI=1S/C9H14O2/c1-6(2)7-3-8(10)5-9(11)4-7/h5-7,10H,3-4H2,1-2H3/t7-/m0/s1. The van der Waals surface area contributed by atoms with Crippen molar-refractivity contribution in [2.45, 2.75) is 26.7 Å². The van der Waals surface area contributed by atoms with E-state index < -0.39 is 0 Å². The highest BCUT2D eigenvalue weighted by molar-refractivity contribution is 5.91. The second-order valence-electron chi connectivity index (χ2n) is 3.51. The summed E-state index contributed by atoms with van der Waals surface area (Å²) in [5, 5.41) is 9.14. The molecule has 11 heavy (non-hydrogen) atoms. The minimum atomic E-state index is 0.0625. The molecule has 0 saturated carbocycles.